The highest BCUT2D eigenvalue weighted by Gasteiger charge is 2.26. The third kappa shape index (κ3) is 4.80. The summed E-state index contributed by atoms with van der Waals surface area (Å²) < 4.78 is 19.9. The maximum Gasteiger partial charge on any atom is 0.258 e. The van der Waals surface area contributed by atoms with Crippen LogP contribution in [0, 0.1) is 11.3 Å². The summed E-state index contributed by atoms with van der Waals surface area (Å²) in [5, 5.41) is 13.7. The summed E-state index contributed by atoms with van der Waals surface area (Å²) in [6.07, 6.45) is 1.97. The van der Waals surface area contributed by atoms with Crippen LogP contribution in [0.4, 0.5) is 0 Å². The largest absolute Gasteiger partial charge is 0.490 e. The van der Waals surface area contributed by atoms with Crippen molar-refractivity contribution in [1.29, 1.82) is 5.26 Å². The molecule has 0 saturated carbocycles. The van der Waals surface area contributed by atoms with Gasteiger partial charge in [-0.2, -0.15) is 10.2 Å². The summed E-state index contributed by atoms with van der Waals surface area (Å²) in [7, 11) is 1.71. The molecule has 1 aliphatic rings. The second-order valence-electron chi connectivity index (χ2n) is 7.84. The van der Waals surface area contributed by atoms with E-state index in [2.05, 4.69) is 27.0 Å². The summed E-state index contributed by atoms with van der Waals surface area (Å²) in [6.45, 7) is 4.58. The fourth-order valence-corrected chi connectivity index (χ4v) is 4.64. The molecular weight excluding hydrogens is 424 g/mol. The zero-order valence-electron chi connectivity index (χ0n) is 18.4. The molecule has 1 heterocycles. The number of nitrogens with one attached hydrogen (secondary N) is 1. The number of ether oxygens (including phenoxy) is 2. The lowest BCUT2D eigenvalue weighted by Gasteiger charge is -2.13. The van der Waals surface area contributed by atoms with Crippen LogP contribution in [0.2, 0.25) is 0 Å². The van der Waals surface area contributed by atoms with E-state index in [0.29, 0.717) is 34.6 Å². The molecule has 0 saturated heterocycles. The van der Waals surface area contributed by atoms with Crippen molar-refractivity contribution >= 4 is 11.9 Å². The highest BCUT2D eigenvalue weighted by molar-refractivity contribution is 7.97. The van der Waals surface area contributed by atoms with E-state index in [1.165, 1.54) is 11.1 Å². The van der Waals surface area contributed by atoms with Gasteiger partial charge in [0.2, 0.25) is 5.82 Å². The Morgan fingerprint density at radius 2 is 2.19 bits per heavy atom. The molecule has 3 aromatic rings. The Labute approximate surface area is 192 Å². The third-order valence-electron chi connectivity index (χ3n) is 5.26. The second kappa shape index (κ2) is 10.2. The van der Waals surface area contributed by atoms with Crippen molar-refractivity contribution in [3.8, 4) is 34.7 Å². The van der Waals surface area contributed by atoms with Crippen LogP contribution in [-0.4, -0.2) is 35.7 Å². The molecule has 7 nitrogen and oxygen atoms in total. The van der Waals surface area contributed by atoms with Gasteiger partial charge >= 0.3 is 0 Å². The third-order valence-corrected chi connectivity index (χ3v) is 6.08. The average Bonchev–Trinajstić information content (AvgIpc) is 3.44. The maximum absolute atomic E-state index is 9.50. The van der Waals surface area contributed by atoms with Crippen LogP contribution in [0.5, 0.6) is 5.75 Å². The van der Waals surface area contributed by atoms with Gasteiger partial charge < -0.3 is 14.0 Å². The summed E-state index contributed by atoms with van der Waals surface area (Å²) in [4.78, 5) is 4.64. The maximum atomic E-state index is 9.50. The number of rotatable bonds is 9. The number of fused-ring (bicyclic) bond motifs is 1. The standard InChI is InChI=1S/C24H26N4O3S/c1-15(2)30-22-10-7-16(13-17(22)14-25)24-26-23(27-31-24)20-6-4-5-19-18(20)8-9-21(19)28-32-12-11-29-3/h4-7,10,13,15,21,28H,8-9,11-12H2,1-3H3. The van der Waals surface area contributed by atoms with Crippen LogP contribution in [0.25, 0.3) is 22.8 Å². The first-order chi connectivity index (χ1) is 15.6. The highest BCUT2D eigenvalue weighted by atomic mass is 32.2. The molecule has 1 aromatic heterocycles. The van der Waals surface area contributed by atoms with Gasteiger partial charge in [0.25, 0.3) is 5.89 Å². The van der Waals surface area contributed by atoms with Crippen LogP contribution >= 0.6 is 11.9 Å². The quantitative estimate of drug-likeness (QED) is 0.362. The van der Waals surface area contributed by atoms with Gasteiger partial charge in [0, 0.05) is 30.0 Å². The SMILES string of the molecule is COCCSNC1CCc2c(-c3noc(-c4ccc(OC(C)C)c(C#N)c4)n3)cccc21. The minimum atomic E-state index is -0.0140. The van der Waals surface area contributed by atoms with Crippen molar-refractivity contribution in [1.82, 2.24) is 14.9 Å². The van der Waals surface area contributed by atoms with Crippen molar-refractivity contribution in [3.63, 3.8) is 0 Å². The van der Waals surface area contributed by atoms with Gasteiger partial charge in [0.15, 0.2) is 0 Å². The molecule has 2 aromatic carbocycles. The van der Waals surface area contributed by atoms with Crippen LogP contribution in [0.15, 0.2) is 40.9 Å². The molecule has 1 aliphatic carbocycles. The second-order valence-corrected chi connectivity index (χ2v) is 8.77. The van der Waals surface area contributed by atoms with Crippen LogP contribution < -0.4 is 9.46 Å². The van der Waals surface area contributed by atoms with Crippen molar-refractivity contribution in [2.24, 2.45) is 0 Å². The van der Waals surface area contributed by atoms with E-state index in [0.717, 1.165) is 30.8 Å². The van der Waals surface area contributed by atoms with Gasteiger partial charge in [0.1, 0.15) is 11.8 Å². The normalized spacial score (nSPS) is 15.0. The Balaban J connectivity index is 1.56. The van der Waals surface area contributed by atoms with Crippen LogP contribution in [-0.2, 0) is 11.2 Å². The fraction of sp³-hybridized carbons (Fsp3) is 0.375. The molecule has 166 valence electrons. The molecule has 0 aliphatic heterocycles. The Bertz CT molecular complexity index is 1120. The molecular formula is C24H26N4O3S. The Kier molecular flexibility index (Phi) is 7.10. The Hall–Kier alpha value is -2.86. The molecule has 0 fully saturated rings. The lowest BCUT2D eigenvalue weighted by molar-refractivity contribution is 0.218. The smallest absolute Gasteiger partial charge is 0.258 e. The molecule has 1 N–H and O–H groups in total. The van der Waals surface area contributed by atoms with Crippen molar-refractivity contribution in [2.45, 2.75) is 38.8 Å². The van der Waals surface area contributed by atoms with E-state index in [1.54, 1.807) is 31.2 Å². The van der Waals surface area contributed by atoms with E-state index >= 15 is 0 Å². The number of aromatic nitrogens is 2. The molecule has 0 amide bonds. The predicted octanol–water partition coefficient (Wildman–Crippen LogP) is 4.93. The van der Waals surface area contributed by atoms with Gasteiger partial charge in [-0.15, -0.1) is 0 Å². The molecule has 1 unspecified atom stereocenters. The van der Waals surface area contributed by atoms with E-state index < -0.39 is 0 Å². The number of hydrogen-bond donors (Lipinski definition) is 1. The highest BCUT2D eigenvalue weighted by Crippen LogP contribution is 2.38. The predicted molar refractivity (Wildman–Crippen MR) is 124 cm³/mol. The van der Waals surface area contributed by atoms with Gasteiger partial charge in [-0.05, 0) is 56.0 Å². The first kappa shape index (κ1) is 22.3. The summed E-state index contributed by atoms with van der Waals surface area (Å²) >= 11 is 1.69. The topological polar surface area (TPSA) is 93.2 Å². The summed E-state index contributed by atoms with van der Waals surface area (Å²) in [5.74, 6) is 2.40. The van der Waals surface area contributed by atoms with Crippen LogP contribution in [0.3, 0.4) is 0 Å². The Morgan fingerprint density at radius 1 is 1.31 bits per heavy atom. The summed E-state index contributed by atoms with van der Waals surface area (Å²) in [6, 6.07) is 14.0. The zero-order chi connectivity index (χ0) is 22.5. The molecule has 0 spiro atoms. The first-order valence-corrected chi connectivity index (χ1v) is 11.6. The molecule has 0 bridgehead atoms. The van der Waals surface area contributed by atoms with E-state index in [4.69, 9.17) is 14.0 Å². The molecule has 0 radical (unpaired) electrons. The van der Waals surface area contributed by atoms with E-state index in [9.17, 15) is 5.26 Å². The monoisotopic (exact) mass is 450 g/mol. The molecule has 32 heavy (non-hydrogen) atoms. The van der Waals surface area contributed by atoms with Crippen LogP contribution in [0.1, 0.15) is 43.0 Å². The first-order valence-electron chi connectivity index (χ1n) is 10.6. The minimum absolute atomic E-state index is 0.0140. The molecule has 8 heteroatoms. The van der Waals surface area contributed by atoms with Gasteiger partial charge in [-0.25, -0.2) is 0 Å². The van der Waals surface area contributed by atoms with Gasteiger partial charge in [-0.3, -0.25) is 4.72 Å². The zero-order valence-corrected chi connectivity index (χ0v) is 19.2. The minimum Gasteiger partial charge on any atom is -0.490 e. The van der Waals surface area contributed by atoms with Crippen molar-refractivity contribution in [2.75, 3.05) is 19.5 Å². The lowest BCUT2D eigenvalue weighted by atomic mass is 10.0. The number of methoxy groups -OCH3 is 1. The van der Waals surface area contributed by atoms with Crippen molar-refractivity contribution < 1.29 is 14.0 Å². The van der Waals surface area contributed by atoms with Gasteiger partial charge in [-0.1, -0.05) is 35.3 Å². The number of nitriles is 1. The number of nitrogens with zero attached hydrogens (tertiary/aromatic N) is 3. The van der Waals surface area contributed by atoms with E-state index in [1.807, 2.05) is 32.0 Å². The summed E-state index contributed by atoms with van der Waals surface area (Å²) in [5.41, 5.74) is 4.65. The molecule has 4 rings (SSSR count). The average molecular weight is 451 g/mol. The van der Waals surface area contributed by atoms with E-state index in [-0.39, 0.29) is 6.10 Å². The fourth-order valence-electron chi connectivity index (χ4n) is 3.83. The Morgan fingerprint density at radius 3 is 2.97 bits per heavy atom. The van der Waals surface area contributed by atoms with Gasteiger partial charge in [0.05, 0.1) is 18.3 Å². The number of benzene rings is 2. The molecule has 1 atom stereocenters. The van der Waals surface area contributed by atoms with Crippen molar-refractivity contribution in [3.05, 3.63) is 53.1 Å². The lowest BCUT2D eigenvalue weighted by Crippen LogP contribution is -2.12. The number of hydrogen-bond acceptors (Lipinski definition) is 8.